The fraction of sp³-hybridized carbons (Fsp3) is 0.909. The highest BCUT2D eigenvalue weighted by Gasteiger charge is 2.28. The van der Waals surface area contributed by atoms with Gasteiger partial charge in [0.2, 0.25) is 0 Å². The largest absolute Gasteiger partial charge is 0.465 e. The molecule has 1 atom stereocenters. The second-order valence-corrected chi connectivity index (χ2v) is 5.42. The molecule has 1 aliphatic heterocycles. The van der Waals surface area contributed by atoms with Gasteiger partial charge in [-0.2, -0.15) is 0 Å². The normalized spacial score (nSPS) is 20.4. The van der Waals surface area contributed by atoms with Gasteiger partial charge in [-0.3, -0.25) is 4.90 Å². The maximum absolute atomic E-state index is 10.8. The molecule has 1 fully saturated rings. The average Bonchev–Trinajstić information content (AvgIpc) is 2.16. The number of nitrogens with zero attached hydrogens (tertiary/aromatic N) is 1. The van der Waals surface area contributed by atoms with Crippen molar-refractivity contribution < 1.29 is 9.90 Å². The lowest BCUT2D eigenvalue weighted by Gasteiger charge is -2.36. The van der Waals surface area contributed by atoms with E-state index in [1.54, 1.807) is 0 Å². The standard InChI is InChI=1S/C11H23N3O2/c1-11(2,3)9(13-10(15)16)8-14-6-4-12-5-7-14/h9,12-13H,4-8H2,1-3H3,(H,15,16)/t9-/m0/s1. The predicted molar refractivity (Wildman–Crippen MR) is 63.7 cm³/mol. The van der Waals surface area contributed by atoms with Crippen LogP contribution in [0.15, 0.2) is 0 Å². The number of piperazine rings is 1. The van der Waals surface area contributed by atoms with E-state index in [4.69, 9.17) is 5.11 Å². The molecule has 94 valence electrons. The van der Waals surface area contributed by atoms with Crippen LogP contribution in [-0.4, -0.2) is 54.9 Å². The molecule has 5 nitrogen and oxygen atoms in total. The van der Waals surface area contributed by atoms with Gasteiger partial charge in [-0.1, -0.05) is 20.8 Å². The van der Waals surface area contributed by atoms with E-state index in [1.165, 1.54) is 0 Å². The SMILES string of the molecule is CC(C)(C)[C@H](CN1CCNCC1)NC(=O)O. The van der Waals surface area contributed by atoms with Gasteiger partial charge in [0.1, 0.15) is 0 Å². The molecule has 0 aliphatic carbocycles. The molecule has 16 heavy (non-hydrogen) atoms. The fourth-order valence-electron chi connectivity index (χ4n) is 1.84. The molecular formula is C11H23N3O2. The molecular weight excluding hydrogens is 206 g/mol. The number of nitrogens with one attached hydrogen (secondary N) is 2. The van der Waals surface area contributed by atoms with Crippen molar-refractivity contribution in [3.63, 3.8) is 0 Å². The molecule has 1 amide bonds. The summed E-state index contributed by atoms with van der Waals surface area (Å²) in [7, 11) is 0. The zero-order chi connectivity index (χ0) is 12.2. The number of carbonyl (C=O) groups is 1. The summed E-state index contributed by atoms with van der Waals surface area (Å²) in [6, 6.07) is -0.0249. The minimum Gasteiger partial charge on any atom is -0.465 e. The van der Waals surface area contributed by atoms with E-state index in [9.17, 15) is 4.79 Å². The van der Waals surface area contributed by atoms with Gasteiger partial charge in [0, 0.05) is 38.8 Å². The van der Waals surface area contributed by atoms with Gasteiger partial charge in [-0.25, -0.2) is 4.79 Å². The van der Waals surface area contributed by atoms with Gasteiger partial charge in [0.15, 0.2) is 0 Å². The van der Waals surface area contributed by atoms with Crippen LogP contribution in [-0.2, 0) is 0 Å². The summed E-state index contributed by atoms with van der Waals surface area (Å²) in [6.45, 7) is 11.0. The van der Waals surface area contributed by atoms with Crippen molar-refractivity contribution in [2.24, 2.45) is 5.41 Å². The average molecular weight is 229 g/mol. The number of amides is 1. The van der Waals surface area contributed by atoms with Crippen LogP contribution in [0, 0.1) is 5.41 Å². The smallest absolute Gasteiger partial charge is 0.404 e. The topological polar surface area (TPSA) is 64.6 Å². The molecule has 1 rings (SSSR count). The third kappa shape index (κ3) is 4.37. The lowest BCUT2D eigenvalue weighted by atomic mass is 9.86. The van der Waals surface area contributed by atoms with E-state index in [0.29, 0.717) is 0 Å². The number of hydrogen-bond donors (Lipinski definition) is 3. The molecule has 1 heterocycles. The lowest BCUT2D eigenvalue weighted by molar-refractivity contribution is 0.142. The number of hydrogen-bond acceptors (Lipinski definition) is 3. The molecule has 0 radical (unpaired) electrons. The van der Waals surface area contributed by atoms with E-state index in [-0.39, 0.29) is 11.5 Å². The van der Waals surface area contributed by atoms with Crippen molar-refractivity contribution in [1.29, 1.82) is 0 Å². The Labute approximate surface area is 97.2 Å². The minimum atomic E-state index is -0.935. The minimum absolute atomic E-state index is 0.0249. The summed E-state index contributed by atoms with van der Waals surface area (Å²) in [4.78, 5) is 13.1. The maximum Gasteiger partial charge on any atom is 0.404 e. The van der Waals surface area contributed by atoms with Crippen LogP contribution in [0.4, 0.5) is 4.79 Å². The van der Waals surface area contributed by atoms with Crippen LogP contribution in [0.3, 0.4) is 0 Å². The molecule has 0 aromatic heterocycles. The van der Waals surface area contributed by atoms with Crippen LogP contribution in [0.2, 0.25) is 0 Å². The molecule has 0 unspecified atom stereocenters. The Bertz CT molecular complexity index is 232. The first kappa shape index (κ1) is 13.3. The number of carboxylic acid groups (broad SMARTS) is 1. The highest BCUT2D eigenvalue weighted by molar-refractivity contribution is 5.65. The quantitative estimate of drug-likeness (QED) is 0.662. The van der Waals surface area contributed by atoms with E-state index < -0.39 is 6.09 Å². The van der Waals surface area contributed by atoms with Crippen molar-refractivity contribution in [1.82, 2.24) is 15.5 Å². The van der Waals surface area contributed by atoms with Crippen molar-refractivity contribution in [2.75, 3.05) is 32.7 Å². The van der Waals surface area contributed by atoms with Gasteiger partial charge >= 0.3 is 6.09 Å². The van der Waals surface area contributed by atoms with E-state index in [0.717, 1.165) is 32.7 Å². The molecule has 0 saturated carbocycles. The third-order valence-corrected chi connectivity index (χ3v) is 2.99. The highest BCUT2D eigenvalue weighted by Crippen LogP contribution is 2.20. The maximum atomic E-state index is 10.8. The van der Waals surface area contributed by atoms with Gasteiger partial charge in [-0.05, 0) is 5.41 Å². The van der Waals surface area contributed by atoms with E-state index in [2.05, 4.69) is 36.3 Å². The monoisotopic (exact) mass is 229 g/mol. The van der Waals surface area contributed by atoms with Gasteiger partial charge in [0.05, 0.1) is 0 Å². The van der Waals surface area contributed by atoms with Crippen LogP contribution in [0.1, 0.15) is 20.8 Å². The summed E-state index contributed by atoms with van der Waals surface area (Å²) >= 11 is 0. The summed E-state index contributed by atoms with van der Waals surface area (Å²) in [5.74, 6) is 0. The Balaban J connectivity index is 2.51. The molecule has 1 saturated heterocycles. The first-order valence-electron chi connectivity index (χ1n) is 5.82. The van der Waals surface area contributed by atoms with Crippen LogP contribution in [0.25, 0.3) is 0 Å². The Morgan fingerprint density at radius 2 is 2.00 bits per heavy atom. The van der Waals surface area contributed by atoms with Crippen LogP contribution < -0.4 is 10.6 Å². The zero-order valence-corrected chi connectivity index (χ0v) is 10.4. The van der Waals surface area contributed by atoms with Crippen LogP contribution in [0.5, 0.6) is 0 Å². The van der Waals surface area contributed by atoms with E-state index in [1.807, 2.05) is 0 Å². The molecule has 0 spiro atoms. The Morgan fingerprint density at radius 3 is 2.44 bits per heavy atom. The first-order valence-corrected chi connectivity index (χ1v) is 5.82. The summed E-state index contributed by atoms with van der Waals surface area (Å²) in [5, 5.41) is 14.7. The Hall–Kier alpha value is -0.810. The van der Waals surface area contributed by atoms with Gasteiger partial charge in [0.25, 0.3) is 0 Å². The summed E-state index contributed by atoms with van der Waals surface area (Å²) in [5.41, 5.74) is -0.0523. The van der Waals surface area contributed by atoms with Crippen molar-refractivity contribution >= 4 is 6.09 Å². The van der Waals surface area contributed by atoms with E-state index >= 15 is 0 Å². The van der Waals surface area contributed by atoms with Crippen molar-refractivity contribution in [3.8, 4) is 0 Å². The first-order chi connectivity index (χ1) is 7.39. The van der Waals surface area contributed by atoms with Crippen molar-refractivity contribution in [2.45, 2.75) is 26.8 Å². The molecule has 0 bridgehead atoms. The van der Waals surface area contributed by atoms with Crippen LogP contribution >= 0.6 is 0 Å². The van der Waals surface area contributed by atoms with Crippen molar-refractivity contribution in [3.05, 3.63) is 0 Å². The van der Waals surface area contributed by atoms with Gasteiger partial charge < -0.3 is 15.7 Å². The second kappa shape index (κ2) is 5.50. The Kier molecular flexibility index (Phi) is 4.56. The molecule has 5 heteroatoms. The predicted octanol–water partition coefficient (Wildman–Crippen LogP) is 0.574. The summed E-state index contributed by atoms with van der Waals surface area (Å²) in [6.07, 6.45) is -0.935. The molecule has 0 aromatic carbocycles. The molecule has 3 N–H and O–H groups in total. The summed E-state index contributed by atoms with van der Waals surface area (Å²) < 4.78 is 0. The second-order valence-electron chi connectivity index (χ2n) is 5.42. The molecule has 1 aliphatic rings. The fourth-order valence-corrected chi connectivity index (χ4v) is 1.84. The zero-order valence-electron chi connectivity index (χ0n) is 10.4. The molecule has 0 aromatic rings. The lowest BCUT2D eigenvalue weighted by Crippen LogP contribution is -2.54. The Morgan fingerprint density at radius 1 is 1.44 bits per heavy atom. The highest BCUT2D eigenvalue weighted by atomic mass is 16.4. The third-order valence-electron chi connectivity index (χ3n) is 2.99. The number of rotatable bonds is 3. The van der Waals surface area contributed by atoms with Gasteiger partial charge in [-0.15, -0.1) is 0 Å².